The van der Waals surface area contributed by atoms with Gasteiger partial charge in [-0.05, 0) is 113 Å². The summed E-state index contributed by atoms with van der Waals surface area (Å²) >= 11 is 14.9. The minimum Gasteiger partial charge on any atom is -0.504 e. The first kappa shape index (κ1) is 40.8. The topological polar surface area (TPSA) is 129 Å². The van der Waals surface area contributed by atoms with Crippen molar-refractivity contribution in [3.63, 3.8) is 0 Å². The normalized spacial score (nSPS) is 26.8. The lowest BCUT2D eigenvalue weighted by Crippen LogP contribution is -2.53. The van der Waals surface area contributed by atoms with Crippen LogP contribution in [0.5, 0.6) is 17.2 Å². The molecule has 5 aliphatic rings. The molecule has 0 spiro atoms. The molecule has 4 fully saturated rings. The molecule has 9 rings (SSSR count). The Morgan fingerprint density at radius 2 is 1.60 bits per heavy atom. The summed E-state index contributed by atoms with van der Waals surface area (Å²) in [5, 5.41) is 12.7. The number of phenols is 1. The number of likely N-dealkylation sites (tertiary alicyclic amines) is 2. The van der Waals surface area contributed by atoms with Crippen molar-refractivity contribution in [2.24, 2.45) is 23.7 Å². The van der Waals surface area contributed by atoms with E-state index < -0.39 is 46.8 Å². The number of benzene rings is 4. The number of aromatic hydroxyl groups is 1. The third kappa shape index (κ3) is 6.56. The molecule has 4 aromatic rings. The van der Waals surface area contributed by atoms with Gasteiger partial charge in [0, 0.05) is 36.6 Å². The number of rotatable bonds is 9. The molecule has 6 atom stereocenters. The predicted octanol–water partition coefficient (Wildman–Crippen LogP) is 7.97. The molecule has 3 saturated heterocycles. The van der Waals surface area contributed by atoms with E-state index in [1.165, 1.54) is 23.6 Å². The van der Waals surface area contributed by atoms with Crippen LogP contribution in [0, 0.1) is 27.2 Å². The summed E-state index contributed by atoms with van der Waals surface area (Å²) in [5.74, 6) is -4.33. The minimum atomic E-state index is -1.55. The van der Waals surface area contributed by atoms with Crippen LogP contribution in [0.1, 0.15) is 48.3 Å². The molecule has 0 bridgehead atoms. The van der Waals surface area contributed by atoms with Gasteiger partial charge in [-0.1, -0.05) is 77.3 Å². The summed E-state index contributed by atoms with van der Waals surface area (Å²) in [6.07, 6.45) is 3.83. The van der Waals surface area contributed by atoms with E-state index in [9.17, 15) is 14.7 Å². The number of nitrogens with one attached hydrogen (secondary N) is 1. The highest BCUT2D eigenvalue weighted by molar-refractivity contribution is 14.1. The first-order valence-electron chi connectivity index (χ1n) is 20.1. The molecule has 1 saturated carbocycles. The third-order valence-corrected chi connectivity index (χ3v) is 14.8. The van der Waals surface area contributed by atoms with Crippen LogP contribution >= 0.6 is 45.8 Å². The van der Waals surface area contributed by atoms with Crippen molar-refractivity contribution in [1.82, 2.24) is 14.8 Å². The van der Waals surface area contributed by atoms with Crippen LogP contribution in [-0.4, -0.2) is 76.9 Å². The predicted molar refractivity (Wildman–Crippen MR) is 235 cm³/mol. The van der Waals surface area contributed by atoms with Gasteiger partial charge in [0.2, 0.25) is 11.8 Å². The smallest absolute Gasteiger partial charge is 0.260 e. The molecule has 310 valence electrons. The van der Waals surface area contributed by atoms with Crippen molar-refractivity contribution in [3.05, 3.63) is 127 Å². The van der Waals surface area contributed by atoms with Crippen molar-refractivity contribution in [3.8, 4) is 17.2 Å². The number of anilines is 1. The average Bonchev–Trinajstić information content (AvgIpc) is 3.63. The van der Waals surface area contributed by atoms with Crippen LogP contribution in [0.15, 0.2) is 96.6 Å². The second-order valence-corrected chi connectivity index (χ2v) is 18.3. The number of hydrazine groups is 1. The fraction of sp³-hybridized carbons (Fsp3) is 0.348. The molecule has 2 aliphatic carbocycles. The summed E-state index contributed by atoms with van der Waals surface area (Å²) in [7, 11) is 3.02. The molecule has 60 heavy (non-hydrogen) atoms. The van der Waals surface area contributed by atoms with Gasteiger partial charge in [-0.15, -0.1) is 0 Å². The number of imide groups is 2. The lowest BCUT2D eigenvalue weighted by atomic mass is 9.49. The summed E-state index contributed by atoms with van der Waals surface area (Å²) in [4.78, 5) is 64.1. The standard InChI is InChI=1S/C46H43Cl2IN4O7/c1-59-30-11-8-27(9-12-30)46-34(43(56)53(45(46)58)50-37-15-10-28(47)22-35(37)48)23-33-31(40(46)26-20-36(49)41(54)38(21-26)60-2)13-14-32-39(33)44(57)52(42(32)55)29-16-18-51(19-17-29)24-25-6-4-3-5-7-25/h3-13,15,20-22,29,32-34,39-40,50,54H,14,16-19,23-24H2,1-2H3/t32-,33+,34-,39-,40-,46+/m0/s1. The molecule has 3 heterocycles. The van der Waals surface area contributed by atoms with Crippen LogP contribution in [0.3, 0.4) is 0 Å². The molecule has 4 aromatic carbocycles. The minimum absolute atomic E-state index is 0.0570. The van der Waals surface area contributed by atoms with Crippen LogP contribution in [-0.2, 0) is 31.1 Å². The Labute approximate surface area is 371 Å². The zero-order valence-electron chi connectivity index (χ0n) is 32.9. The molecule has 0 unspecified atom stereocenters. The Kier molecular flexibility index (Phi) is 10.9. The van der Waals surface area contributed by atoms with Gasteiger partial charge in [0.1, 0.15) is 5.75 Å². The van der Waals surface area contributed by atoms with E-state index in [4.69, 9.17) is 32.7 Å². The second-order valence-electron chi connectivity index (χ2n) is 16.3. The van der Waals surface area contributed by atoms with E-state index in [2.05, 4.69) is 22.5 Å². The Morgan fingerprint density at radius 3 is 2.28 bits per heavy atom. The maximum Gasteiger partial charge on any atom is 0.260 e. The van der Waals surface area contributed by atoms with Gasteiger partial charge >= 0.3 is 0 Å². The van der Waals surface area contributed by atoms with Crippen LogP contribution in [0.25, 0.3) is 0 Å². The van der Waals surface area contributed by atoms with Crippen molar-refractivity contribution < 1.29 is 33.8 Å². The summed E-state index contributed by atoms with van der Waals surface area (Å²) in [6.45, 7) is 2.32. The number of allylic oxidation sites excluding steroid dienone is 2. The lowest BCUT2D eigenvalue weighted by molar-refractivity contribution is -0.144. The number of piperidine rings is 1. The van der Waals surface area contributed by atoms with E-state index in [1.807, 2.05) is 65.1 Å². The highest BCUT2D eigenvalue weighted by Crippen LogP contribution is 2.65. The van der Waals surface area contributed by atoms with E-state index in [-0.39, 0.29) is 40.8 Å². The van der Waals surface area contributed by atoms with Crippen molar-refractivity contribution >= 4 is 75.1 Å². The molecule has 2 N–H and O–H groups in total. The summed E-state index contributed by atoms with van der Waals surface area (Å²) in [5.41, 5.74) is 5.02. The average molecular weight is 962 g/mol. The quantitative estimate of drug-likeness (QED) is 0.0976. The molecule has 14 heteroatoms. The van der Waals surface area contributed by atoms with Gasteiger partial charge in [-0.2, -0.15) is 5.01 Å². The number of fused-ring (bicyclic) bond motifs is 4. The fourth-order valence-corrected chi connectivity index (χ4v) is 11.8. The van der Waals surface area contributed by atoms with Crippen LogP contribution in [0.2, 0.25) is 10.0 Å². The third-order valence-electron chi connectivity index (χ3n) is 13.4. The van der Waals surface area contributed by atoms with Gasteiger partial charge in [0.15, 0.2) is 11.5 Å². The fourth-order valence-electron chi connectivity index (χ4n) is 10.7. The SMILES string of the molecule is COc1ccc([C@@]23C(=O)N(Nc4ccc(Cl)cc4Cl)C(=O)[C@@H]2C[C@@H]2C(=CC[C@@H]4C(=O)N(C5CCN(Cc6ccccc6)CC5)C(=O)[C@@H]42)[C@@H]3c2cc(I)c(O)c(OC)c2)cc1. The molecule has 4 amide bonds. The number of hydrogen-bond acceptors (Lipinski definition) is 9. The van der Waals surface area contributed by atoms with Crippen molar-refractivity contribution in [1.29, 1.82) is 0 Å². The van der Waals surface area contributed by atoms with E-state index in [1.54, 1.807) is 37.4 Å². The summed E-state index contributed by atoms with van der Waals surface area (Å²) < 4.78 is 11.7. The van der Waals surface area contributed by atoms with E-state index in [0.29, 0.717) is 50.4 Å². The van der Waals surface area contributed by atoms with Gasteiger partial charge < -0.3 is 14.6 Å². The number of carbonyl (C=O) groups is 4. The van der Waals surface area contributed by atoms with Crippen molar-refractivity contribution in [2.75, 3.05) is 32.7 Å². The van der Waals surface area contributed by atoms with Crippen molar-refractivity contribution in [2.45, 2.75) is 49.6 Å². The Hall–Kier alpha value is -4.63. The molecule has 3 aliphatic heterocycles. The number of carbonyl (C=O) groups excluding carboxylic acids is 4. The number of ether oxygens (including phenoxy) is 2. The highest BCUT2D eigenvalue weighted by atomic mass is 127. The number of nitrogens with zero attached hydrogens (tertiary/aromatic N) is 3. The highest BCUT2D eigenvalue weighted by Gasteiger charge is 2.70. The molecule has 11 nitrogen and oxygen atoms in total. The monoisotopic (exact) mass is 960 g/mol. The van der Waals surface area contributed by atoms with Crippen LogP contribution in [0.4, 0.5) is 5.69 Å². The summed E-state index contributed by atoms with van der Waals surface area (Å²) in [6, 6.07) is 25.5. The zero-order chi connectivity index (χ0) is 42.0. The van der Waals surface area contributed by atoms with Gasteiger partial charge in [-0.3, -0.25) is 34.4 Å². The number of amides is 4. The Balaban J connectivity index is 1.14. The van der Waals surface area contributed by atoms with E-state index in [0.717, 1.165) is 30.2 Å². The molecule has 0 aromatic heterocycles. The Morgan fingerprint density at radius 1 is 0.867 bits per heavy atom. The maximum atomic E-state index is 15.6. The van der Waals surface area contributed by atoms with Gasteiger partial charge in [0.25, 0.3) is 11.8 Å². The van der Waals surface area contributed by atoms with Gasteiger partial charge in [0.05, 0.1) is 51.7 Å². The molecular weight excluding hydrogens is 918 g/mol. The largest absolute Gasteiger partial charge is 0.504 e. The molecule has 0 radical (unpaired) electrons. The number of methoxy groups -OCH3 is 2. The first-order valence-corrected chi connectivity index (χ1v) is 21.9. The zero-order valence-corrected chi connectivity index (χ0v) is 36.6. The number of hydrogen-bond donors (Lipinski definition) is 2. The first-order chi connectivity index (χ1) is 29.0. The molecular formula is C46H43Cl2IN4O7. The number of phenolic OH excluding ortho intramolecular Hbond substituents is 1. The maximum absolute atomic E-state index is 15.6. The van der Waals surface area contributed by atoms with Gasteiger partial charge in [-0.25, -0.2) is 0 Å². The number of halogens is 3. The van der Waals surface area contributed by atoms with E-state index >= 15 is 9.59 Å². The van der Waals surface area contributed by atoms with Crippen LogP contribution < -0.4 is 14.9 Å². The second kappa shape index (κ2) is 16.0. The lowest BCUT2D eigenvalue weighted by Gasteiger charge is -2.50. The Bertz CT molecular complexity index is 2430.